The van der Waals surface area contributed by atoms with Crippen molar-refractivity contribution in [2.45, 2.75) is 25.8 Å². The molecule has 2 nitrogen and oxygen atoms in total. The molecule has 1 atom stereocenters. The van der Waals surface area contributed by atoms with Crippen LogP contribution in [0.4, 0.5) is 4.39 Å². The molecule has 0 radical (unpaired) electrons. The second-order valence-corrected chi connectivity index (χ2v) is 2.84. The van der Waals surface area contributed by atoms with E-state index in [-0.39, 0.29) is 11.9 Å². The molecule has 0 saturated carbocycles. The van der Waals surface area contributed by atoms with Crippen LogP contribution in [0.3, 0.4) is 0 Å². The van der Waals surface area contributed by atoms with E-state index in [0.717, 1.165) is 18.5 Å². The number of hydrogen-bond acceptors (Lipinski definition) is 2. The fourth-order valence-corrected chi connectivity index (χ4v) is 0.940. The van der Waals surface area contributed by atoms with Crippen molar-refractivity contribution in [3.63, 3.8) is 0 Å². The minimum Gasteiger partial charge on any atom is -0.327 e. The van der Waals surface area contributed by atoms with E-state index in [0.29, 0.717) is 0 Å². The third-order valence-corrected chi connectivity index (χ3v) is 1.78. The monoisotopic (exact) mass is 168 g/mol. The van der Waals surface area contributed by atoms with E-state index in [2.05, 4.69) is 4.98 Å². The summed E-state index contributed by atoms with van der Waals surface area (Å²) in [4.78, 5) is 3.91. The van der Waals surface area contributed by atoms with E-state index in [1.807, 2.05) is 6.92 Å². The van der Waals surface area contributed by atoms with Gasteiger partial charge in [-0.15, -0.1) is 0 Å². The predicted octanol–water partition coefficient (Wildman–Crippen LogP) is 1.50. The highest BCUT2D eigenvalue weighted by Crippen LogP contribution is 2.02. The average molecular weight is 168 g/mol. The maximum absolute atomic E-state index is 12.4. The molecule has 1 aromatic heterocycles. The minimum absolute atomic E-state index is 0.128. The SMILES string of the molecule is CCC(N)Cc1ccc(F)cn1. The quantitative estimate of drug-likeness (QED) is 0.742. The van der Waals surface area contributed by atoms with Gasteiger partial charge in [0.15, 0.2) is 0 Å². The van der Waals surface area contributed by atoms with Crippen molar-refractivity contribution in [2.75, 3.05) is 0 Å². The Hall–Kier alpha value is -0.960. The van der Waals surface area contributed by atoms with Crippen molar-refractivity contribution in [1.82, 2.24) is 4.98 Å². The summed E-state index contributed by atoms with van der Waals surface area (Å²) in [5.41, 5.74) is 6.56. The van der Waals surface area contributed by atoms with E-state index in [4.69, 9.17) is 5.73 Å². The smallest absolute Gasteiger partial charge is 0.141 e. The molecule has 1 rings (SSSR count). The Morgan fingerprint density at radius 3 is 2.83 bits per heavy atom. The van der Waals surface area contributed by atoms with E-state index >= 15 is 0 Å². The third kappa shape index (κ3) is 2.58. The standard InChI is InChI=1S/C9H13FN2/c1-2-8(11)5-9-4-3-7(10)6-12-9/h3-4,6,8H,2,5,11H2,1H3. The number of aromatic nitrogens is 1. The zero-order valence-corrected chi connectivity index (χ0v) is 7.13. The minimum atomic E-state index is -0.302. The molecule has 0 amide bonds. The van der Waals surface area contributed by atoms with Gasteiger partial charge in [0.2, 0.25) is 0 Å². The summed E-state index contributed by atoms with van der Waals surface area (Å²) < 4.78 is 12.4. The van der Waals surface area contributed by atoms with Crippen LogP contribution in [0.5, 0.6) is 0 Å². The molecule has 1 heterocycles. The maximum atomic E-state index is 12.4. The maximum Gasteiger partial charge on any atom is 0.141 e. The van der Waals surface area contributed by atoms with Gasteiger partial charge in [0.05, 0.1) is 6.20 Å². The van der Waals surface area contributed by atoms with Crippen LogP contribution < -0.4 is 5.73 Å². The first-order valence-electron chi connectivity index (χ1n) is 4.08. The van der Waals surface area contributed by atoms with Gasteiger partial charge in [-0.3, -0.25) is 4.98 Å². The first-order valence-corrected chi connectivity index (χ1v) is 4.08. The summed E-state index contributed by atoms with van der Waals surface area (Å²) in [7, 11) is 0. The summed E-state index contributed by atoms with van der Waals surface area (Å²) in [6.07, 6.45) is 2.85. The normalized spacial score (nSPS) is 12.9. The second kappa shape index (κ2) is 4.16. The molecule has 0 spiro atoms. The molecule has 0 bridgehead atoms. The summed E-state index contributed by atoms with van der Waals surface area (Å²) in [5, 5.41) is 0. The summed E-state index contributed by atoms with van der Waals surface area (Å²) in [5.74, 6) is -0.302. The molecule has 0 aliphatic carbocycles. The Bertz CT molecular complexity index is 233. The molecule has 0 aliphatic heterocycles. The van der Waals surface area contributed by atoms with E-state index in [1.54, 1.807) is 6.07 Å². The van der Waals surface area contributed by atoms with Gasteiger partial charge in [0.1, 0.15) is 5.82 Å². The van der Waals surface area contributed by atoms with Crippen molar-refractivity contribution in [3.8, 4) is 0 Å². The van der Waals surface area contributed by atoms with Crippen molar-refractivity contribution in [1.29, 1.82) is 0 Å². The second-order valence-electron chi connectivity index (χ2n) is 2.84. The van der Waals surface area contributed by atoms with Gasteiger partial charge >= 0.3 is 0 Å². The Morgan fingerprint density at radius 2 is 2.33 bits per heavy atom. The number of pyridine rings is 1. The molecule has 2 N–H and O–H groups in total. The van der Waals surface area contributed by atoms with Crippen LogP contribution in [-0.2, 0) is 6.42 Å². The van der Waals surface area contributed by atoms with Crippen LogP contribution in [0.2, 0.25) is 0 Å². The first-order chi connectivity index (χ1) is 5.72. The molecule has 66 valence electrons. The fraction of sp³-hybridized carbons (Fsp3) is 0.444. The number of nitrogens with two attached hydrogens (primary N) is 1. The Kier molecular flexibility index (Phi) is 3.17. The van der Waals surface area contributed by atoms with Crippen LogP contribution >= 0.6 is 0 Å². The van der Waals surface area contributed by atoms with E-state index in [9.17, 15) is 4.39 Å². The van der Waals surface area contributed by atoms with Crippen LogP contribution in [0.25, 0.3) is 0 Å². The van der Waals surface area contributed by atoms with Crippen LogP contribution in [0.1, 0.15) is 19.0 Å². The lowest BCUT2D eigenvalue weighted by Gasteiger charge is -2.06. The van der Waals surface area contributed by atoms with Crippen molar-refractivity contribution in [3.05, 3.63) is 29.8 Å². The highest BCUT2D eigenvalue weighted by Gasteiger charge is 2.01. The summed E-state index contributed by atoms with van der Waals surface area (Å²) >= 11 is 0. The number of halogens is 1. The zero-order valence-electron chi connectivity index (χ0n) is 7.13. The molecular formula is C9H13FN2. The Morgan fingerprint density at radius 1 is 1.58 bits per heavy atom. The molecular weight excluding hydrogens is 155 g/mol. The van der Waals surface area contributed by atoms with E-state index in [1.165, 1.54) is 12.3 Å². The molecule has 12 heavy (non-hydrogen) atoms. The van der Waals surface area contributed by atoms with Crippen molar-refractivity contribution >= 4 is 0 Å². The van der Waals surface area contributed by atoms with Gasteiger partial charge in [-0.2, -0.15) is 0 Å². The number of nitrogens with zero attached hydrogens (tertiary/aromatic N) is 1. The van der Waals surface area contributed by atoms with Crippen molar-refractivity contribution < 1.29 is 4.39 Å². The predicted molar refractivity (Wildman–Crippen MR) is 46.2 cm³/mol. The van der Waals surface area contributed by atoms with Crippen LogP contribution in [0, 0.1) is 5.82 Å². The molecule has 1 unspecified atom stereocenters. The van der Waals surface area contributed by atoms with Gasteiger partial charge in [-0.25, -0.2) is 4.39 Å². The first kappa shape index (κ1) is 9.13. The lowest BCUT2D eigenvalue weighted by atomic mass is 10.1. The van der Waals surface area contributed by atoms with Gasteiger partial charge in [-0.05, 0) is 18.6 Å². The molecule has 0 aliphatic rings. The fourth-order valence-electron chi connectivity index (χ4n) is 0.940. The Balaban J connectivity index is 2.58. The third-order valence-electron chi connectivity index (χ3n) is 1.78. The van der Waals surface area contributed by atoms with Gasteiger partial charge in [0.25, 0.3) is 0 Å². The molecule has 1 aromatic rings. The summed E-state index contributed by atoms with van der Waals surface area (Å²) in [6.45, 7) is 2.02. The topological polar surface area (TPSA) is 38.9 Å². The highest BCUT2D eigenvalue weighted by molar-refractivity contribution is 5.06. The van der Waals surface area contributed by atoms with Crippen LogP contribution in [-0.4, -0.2) is 11.0 Å². The molecule has 0 saturated heterocycles. The summed E-state index contributed by atoms with van der Waals surface area (Å²) in [6, 6.07) is 3.21. The molecule has 3 heteroatoms. The van der Waals surface area contributed by atoms with Gasteiger partial charge < -0.3 is 5.73 Å². The lowest BCUT2D eigenvalue weighted by molar-refractivity contribution is 0.608. The van der Waals surface area contributed by atoms with Crippen molar-refractivity contribution in [2.24, 2.45) is 5.73 Å². The molecule has 0 fully saturated rings. The zero-order chi connectivity index (χ0) is 8.97. The number of hydrogen-bond donors (Lipinski definition) is 1. The average Bonchev–Trinajstić information content (AvgIpc) is 2.09. The Labute approximate surface area is 71.6 Å². The van der Waals surface area contributed by atoms with Gasteiger partial charge in [-0.1, -0.05) is 6.92 Å². The number of rotatable bonds is 3. The van der Waals surface area contributed by atoms with Crippen LogP contribution in [0.15, 0.2) is 18.3 Å². The van der Waals surface area contributed by atoms with E-state index < -0.39 is 0 Å². The largest absolute Gasteiger partial charge is 0.327 e. The highest BCUT2D eigenvalue weighted by atomic mass is 19.1. The van der Waals surface area contributed by atoms with Gasteiger partial charge in [0, 0.05) is 18.2 Å². The lowest BCUT2D eigenvalue weighted by Crippen LogP contribution is -2.21. The molecule has 0 aromatic carbocycles.